The molecule has 2 aromatic carbocycles. The highest BCUT2D eigenvalue weighted by Crippen LogP contribution is 2.20. The first-order valence-electron chi connectivity index (χ1n) is 8.28. The van der Waals surface area contributed by atoms with Crippen molar-refractivity contribution in [3.63, 3.8) is 0 Å². The standard InChI is InChI=1S/C19H21N3O3/c1-3-4-11-24-15-7-5-14(6-8-15)21-19(23)25-16-9-10-18-17(12-16)20-13-22(18)2/h5-10,12-13H,3-4,11H2,1-2H3,(H,21,23). The fourth-order valence-corrected chi connectivity index (χ4v) is 2.40. The van der Waals surface area contributed by atoms with E-state index in [4.69, 9.17) is 9.47 Å². The van der Waals surface area contributed by atoms with Gasteiger partial charge in [-0.25, -0.2) is 9.78 Å². The Kier molecular flexibility index (Phi) is 5.18. The molecule has 6 nitrogen and oxygen atoms in total. The van der Waals surface area contributed by atoms with Crippen molar-refractivity contribution in [3.8, 4) is 11.5 Å². The van der Waals surface area contributed by atoms with E-state index in [-0.39, 0.29) is 0 Å². The van der Waals surface area contributed by atoms with Gasteiger partial charge in [-0.3, -0.25) is 5.32 Å². The van der Waals surface area contributed by atoms with Crippen molar-refractivity contribution >= 4 is 22.8 Å². The second-order valence-electron chi connectivity index (χ2n) is 5.75. The lowest BCUT2D eigenvalue weighted by atomic mass is 10.3. The number of unbranched alkanes of at least 4 members (excludes halogenated alkanes) is 1. The van der Waals surface area contributed by atoms with E-state index in [1.807, 2.05) is 29.8 Å². The third kappa shape index (κ3) is 4.29. The van der Waals surface area contributed by atoms with E-state index in [1.165, 1.54) is 0 Å². The number of carbonyl (C=O) groups is 1. The number of fused-ring (bicyclic) bond motifs is 1. The number of carbonyl (C=O) groups excluding carboxylic acids is 1. The van der Waals surface area contributed by atoms with Crippen molar-refractivity contribution in [2.24, 2.45) is 7.05 Å². The first-order valence-corrected chi connectivity index (χ1v) is 8.28. The molecule has 0 saturated heterocycles. The second-order valence-corrected chi connectivity index (χ2v) is 5.75. The van der Waals surface area contributed by atoms with E-state index < -0.39 is 6.09 Å². The normalized spacial score (nSPS) is 10.6. The largest absolute Gasteiger partial charge is 0.494 e. The van der Waals surface area contributed by atoms with Crippen LogP contribution in [0.3, 0.4) is 0 Å². The van der Waals surface area contributed by atoms with Crippen LogP contribution in [0, 0.1) is 0 Å². The van der Waals surface area contributed by atoms with Crippen LogP contribution in [0.2, 0.25) is 0 Å². The zero-order chi connectivity index (χ0) is 17.6. The molecular formula is C19H21N3O3. The highest BCUT2D eigenvalue weighted by Gasteiger charge is 2.08. The average Bonchev–Trinajstić information content (AvgIpc) is 2.97. The Morgan fingerprint density at radius 3 is 2.68 bits per heavy atom. The highest BCUT2D eigenvalue weighted by atomic mass is 16.6. The van der Waals surface area contributed by atoms with Crippen LogP contribution in [-0.4, -0.2) is 22.3 Å². The van der Waals surface area contributed by atoms with Gasteiger partial charge in [-0.2, -0.15) is 0 Å². The van der Waals surface area contributed by atoms with Crippen molar-refractivity contribution < 1.29 is 14.3 Å². The first kappa shape index (κ1) is 16.8. The molecule has 0 saturated carbocycles. The van der Waals surface area contributed by atoms with Gasteiger partial charge in [-0.05, 0) is 42.8 Å². The number of nitrogens with zero attached hydrogens (tertiary/aromatic N) is 2. The molecule has 0 unspecified atom stereocenters. The molecule has 1 aromatic heterocycles. The predicted octanol–water partition coefficient (Wildman–Crippen LogP) is 4.36. The van der Waals surface area contributed by atoms with Gasteiger partial charge in [-0.1, -0.05) is 13.3 Å². The summed E-state index contributed by atoms with van der Waals surface area (Å²) in [6.45, 7) is 2.81. The number of ether oxygens (including phenoxy) is 2. The number of anilines is 1. The van der Waals surface area contributed by atoms with E-state index >= 15 is 0 Å². The maximum Gasteiger partial charge on any atom is 0.417 e. The SMILES string of the molecule is CCCCOc1ccc(NC(=O)Oc2ccc3c(c2)ncn3C)cc1. The van der Waals surface area contributed by atoms with Gasteiger partial charge in [0.25, 0.3) is 0 Å². The number of hydrogen-bond acceptors (Lipinski definition) is 4. The van der Waals surface area contributed by atoms with Gasteiger partial charge in [0.2, 0.25) is 0 Å². The van der Waals surface area contributed by atoms with Gasteiger partial charge >= 0.3 is 6.09 Å². The lowest BCUT2D eigenvalue weighted by molar-refractivity contribution is 0.215. The van der Waals surface area contributed by atoms with Gasteiger partial charge in [0.1, 0.15) is 11.5 Å². The molecule has 0 radical (unpaired) electrons. The quantitative estimate of drug-likeness (QED) is 0.678. The molecule has 1 N–H and O–H groups in total. The van der Waals surface area contributed by atoms with E-state index in [1.54, 1.807) is 30.6 Å². The van der Waals surface area contributed by atoms with Crippen molar-refractivity contribution in [1.82, 2.24) is 9.55 Å². The number of rotatable bonds is 6. The van der Waals surface area contributed by atoms with Crippen LogP contribution >= 0.6 is 0 Å². The van der Waals surface area contributed by atoms with Crippen molar-refractivity contribution in [1.29, 1.82) is 0 Å². The Balaban J connectivity index is 1.57. The lowest BCUT2D eigenvalue weighted by Crippen LogP contribution is -2.16. The van der Waals surface area contributed by atoms with Crippen molar-refractivity contribution in [2.45, 2.75) is 19.8 Å². The van der Waals surface area contributed by atoms with Gasteiger partial charge < -0.3 is 14.0 Å². The van der Waals surface area contributed by atoms with Crippen LogP contribution < -0.4 is 14.8 Å². The number of amides is 1. The number of benzene rings is 2. The van der Waals surface area contributed by atoms with Gasteiger partial charge in [0.15, 0.2) is 0 Å². The minimum absolute atomic E-state index is 0.447. The Labute approximate surface area is 146 Å². The molecular weight excluding hydrogens is 318 g/mol. The second kappa shape index (κ2) is 7.70. The molecule has 0 fully saturated rings. The van der Waals surface area contributed by atoms with Crippen LogP contribution in [0.25, 0.3) is 11.0 Å². The first-order chi connectivity index (χ1) is 12.2. The minimum Gasteiger partial charge on any atom is -0.494 e. The van der Waals surface area contributed by atoms with Crippen LogP contribution in [-0.2, 0) is 7.05 Å². The van der Waals surface area contributed by atoms with Gasteiger partial charge in [-0.15, -0.1) is 0 Å². The smallest absolute Gasteiger partial charge is 0.417 e. The molecule has 0 bridgehead atoms. The van der Waals surface area contributed by atoms with Crippen LogP contribution in [0.15, 0.2) is 48.8 Å². The Hall–Kier alpha value is -3.02. The highest BCUT2D eigenvalue weighted by molar-refractivity contribution is 5.87. The van der Waals surface area contributed by atoms with E-state index in [2.05, 4.69) is 17.2 Å². The van der Waals surface area contributed by atoms with Crippen molar-refractivity contribution in [2.75, 3.05) is 11.9 Å². The summed E-state index contributed by atoms with van der Waals surface area (Å²) >= 11 is 0. The summed E-state index contributed by atoms with van der Waals surface area (Å²) in [5.41, 5.74) is 2.40. The minimum atomic E-state index is -0.546. The lowest BCUT2D eigenvalue weighted by Gasteiger charge is -2.08. The summed E-state index contributed by atoms with van der Waals surface area (Å²) in [5.74, 6) is 1.23. The summed E-state index contributed by atoms with van der Waals surface area (Å²) in [6, 6.07) is 12.6. The number of hydrogen-bond donors (Lipinski definition) is 1. The number of aryl methyl sites for hydroxylation is 1. The molecule has 0 aliphatic rings. The molecule has 3 aromatic rings. The monoisotopic (exact) mass is 339 g/mol. The number of aromatic nitrogens is 2. The molecule has 3 rings (SSSR count). The van der Waals surface area contributed by atoms with Crippen LogP contribution in [0.1, 0.15) is 19.8 Å². The summed E-state index contributed by atoms with van der Waals surface area (Å²) in [6.07, 6.45) is 3.29. The number of nitrogens with one attached hydrogen (secondary N) is 1. The topological polar surface area (TPSA) is 65.4 Å². The van der Waals surface area contributed by atoms with Crippen LogP contribution in [0.5, 0.6) is 11.5 Å². The fourth-order valence-electron chi connectivity index (χ4n) is 2.40. The van der Waals surface area contributed by atoms with E-state index in [0.717, 1.165) is 29.6 Å². The molecule has 130 valence electrons. The van der Waals surface area contributed by atoms with Crippen LogP contribution in [0.4, 0.5) is 10.5 Å². The molecule has 1 heterocycles. The Bertz CT molecular complexity index is 856. The summed E-state index contributed by atoms with van der Waals surface area (Å²) in [4.78, 5) is 16.3. The Morgan fingerprint density at radius 2 is 1.92 bits per heavy atom. The summed E-state index contributed by atoms with van der Waals surface area (Å²) in [7, 11) is 1.91. The molecule has 0 spiro atoms. The zero-order valence-electron chi connectivity index (χ0n) is 14.4. The fraction of sp³-hybridized carbons (Fsp3) is 0.263. The third-order valence-corrected chi connectivity index (χ3v) is 3.77. The maximum absolute atomic E-state index is 12.0. The third-order valence-electron chi connectivity index (χ3n) is 3.77. The molecule has 1 amide bonds. The van der Waals surface area contributed by atoms with Crippen molar-refractivity contribution in [3.05, 3.63) is 48.8 Å². The molecule has 0 aliphatic heterocycles. The average molecular weight is 339 g/mol. The predicted molar refractivity (Wildman–Crippen MR) is 97.2 cm³/mol. The zero-order valence-corrected chi connectivity index (χ0v) is 14.4. The molecule has 0 atom stereocenters. The van der Waals surface area contributed by atoms with Gasteiger partial charge in [0, 0.05) is 18.8 Å². The van der Waals surface area contributed by atoms with Gasteiger partial charge in [0.05, 0.1) is 24.0 Å². The molecule has 6 heteroatoms. The van der Waals surface area contributed by atoms with E-state index in [0.29, 0.717) is 18.0 Å². The summed E-state index contributed by atoms with van der Waals surface area (Å²) in [5, 5.41) is 2.70. The molecule has 25 heavy (non-hydrogen) atoms. The summed E-state index contributed by atoms with van der Waals surface area (Å²) < 4.78 is 12.8. The Morgan fingerprint density at radius 1 is 1.16 bits per heavy atom. The number of imidazole rings is 1. The molecule has 0 aliphatic carbocycles. The maximum atomic E-state index is 12.0. The van der Waals surface area contributed by atoms with E-state index in [9.17, 15) is 4.79 Å².